The molecule has 1 aliphatic rings. The number of aliphatic hydroxyl groups is 4. The van der Waals surface area contributed by atoms with Gasteiger partial charge in [0.1, 0.15) is 78.0 Å². The summed E-state index contributed by atoms with van der Waals surface area (Å²) in [6.07, 6.45) is -3.06. The van der Waals surface area contributed by atoms with Gasteiger partial charge >= 0.3 is 0 Å². The van der Waals surface area contributed by atoms with Crippen LogP contribution in [-0.4, -0.2) is 198 Å². The number of likely N-dealkylation sites (N-methyl/N-ethyl adjacent to an activating group) is 4. The molecule has 0 amide bonds. The second-order valence-corrected chi connectivity index (χ2v) is 14.0. The molecule has 1 aliphatic heterocycles. The van der Waals surface area contributed by atoms with Crippen molar-refractivity contribution in [2.75, 3.05) is 134 Å². The van der Waals surface area contributed by atoms with E-state index in [0.29, 0.717) is 95.5 Å². The van der Waals surface area contributed by atoms with Gasteiger partial charge in [-0.1, -0.05) is 12.1 Å². The van der Waals surface area contributed by atoms with Gasteiger partial charge in [-0.25, -0.2) is 0 Å². The first kappa shape index (κ1) is 38.7. The zero-order chi connectivity index (χ0) is 33.2. The summed E-state index contributed by atoms with van der Waals surface area (Å²) < 4.78 is 23.4. The van der Waals surface area contributed by atoms with E-state index in [2.05, 4.69) is 28.2 Å². The normalized spacial score (nSPS) is 33.5. The topological polar surface area (TPSA) is 144 Å². The van der Waals surface area contributed by atoms with Crippen molar-refractivity contribution < 1.29 is 57.3 Å². The van der Waals surface area contributed by atoms with Crippen LogP contribution in [0, 0.1) is 0 Å². The van der Waals surface area contributed by atoms with Gasteiger partial charge in [0.05, 0.1) is 28.2 Å². The smallest absolute Gasteiger partial charge is 0.204 e. The number of anilines is 1. The monoisotopic (exact) mass is 633 g/mol. The Morgan fingerprint density at radius 1 is 0.614 bits per heavy atom. The second-order valence-electron chi connectivity index (χ2n) is 14.0. The molecule has 9 atom stereocenters. The fourth-order valence-electron chi connectivity index (χ4n) is 6.41. The van der Waals surface area contributed by atoms with Gasteiger partial charge < -0.3 is 63.0 Å². The molecule has 0 saturated carbocycles. The molecule has 1 aromatic rings. The first-order valence-corrected chi connectivity index (χ1v) is 15.5. The summed E-state index contributed by atoms with van der Waals surface area (Å²) in [7, 11) is 14.6. The Labute approximate surface area is 264 Å². The highest BCUT2D eigenvalue weighted by atomic mass is 16.6. The number of hydrogen-bond acceptors (Lipinski definition) is 9. The Bertz CT molecular complexity index is 979. The lowest BCUT2D eigenvalue weighted by Gasteiger charge is -2.50. The lowest BCUT2D eigenvalue weighted by molar-refractivity contribution is -1.03. The minimum atomic E-state index is -0.969. The maximum absolute atomic E-state index is 10.9. The van der Waals surface area contributed by atoms with Crippen molar-refractivity contribution in [3.63, 3.8) is 0 Å². The molecule has 9 unspecified atom stereocenters. The predicted octanol–water partition coefficient (Wildman–Crippen LogP) is -1.16. The highest BCUT2D eigenvalue weighted by molar-refractivity contribution is 5.39. The summed E-state index contributed by atoms with van der Waals surface area (Å²) in [5.41, 5.74) is 7.84. The molecule has 13 nitrogen and oxygen atoms in total. The minimum Gasteiger partial charge on any atom is -0.399 e. The Kier molecular flexibility index (Phi) is 14.9. The number of nitrogen functional groups attached to an aromatic ring is 1. The highest BCUT2D eigenvalue weighted by Gasteiger charge is 2.45. The molecular formula is C31H63N5O8+4. The third-order valence-electron chi connectivity index (χ3n) is 9.95. The van der Waals surface area contributed by atoms with Crippen molar-refractivity contribution in [3.05, 3.63) is 29.8 Å². The summed E-state index contributed by atoms with van der Waals surface area (Å²) in [4.78, 5) is 0. The van der Waals surface area contributed by atoms with Gasteiger partial charge in [0.25, 0.3) is 0 Å². The van der Waals surface area contributed by atoms with E-state index in [9.17, 15) is 20.4 Å². The van der Waals surface area contributed by atoms with E-state index < -0.39 is 25.2 Å². The van der Waals surface area contributed by atoms with Gasteiger partial charge in [-0.15, -0.1) is 0 Å². The van der Waals surface area contributed by atoms with Gasteiger partial charge in [0, 0.05) is 40.5 Å². The van der Waals surface area contributed by atoms with Crippen LogP contribution in [0.3, 0.4) is 0 Å². The SMILES string of the molecule is COC(O)C[N+]1(C)CC[N+](C)(CC(O)OC)CC[N+](C)(CC(O)OC)C(Cc2ccc(N)cc2)C[N+](C)(CC(O)OC)CC1. The molecule has 256 valence electrons. The molecule has 1 aromatic carbocycles. The summed E-state index contributed by atoms with van der Waals surface area (Å²) in [5, 5.41) is 42.8. The van der Waals surface area contributed by atoms with E-state index in [1.165, 1.54) is 28.4 Å². The van der Waals surface area contributed by atoms with Crippen LogP contribution >= 0.6 is 0 Å². The number of methoxy groups -OCH3 is 4. The molecule has 0 spiro atoms. The van der Waals surface area contributed by atoms with E-state index >= 15 is 0 Å². The van der Waals surface area contributed by atoms with Crippen LogP contribution in [0.25, 0.3) is 0 Å². The van der Waals surface area contributed by atoms with E-state index in [1.54, 1.807) is 0 Å². The quantitative estimate of drug-likeness (QED) is 0.0974. The largest absolute Gasteiger partial charge is 0.399 e. The predicted molar refractivity (Wildman–Crippen MR) is 169 cm³/mol. The van der Waals surface area contributed by atoms with Crippen LogP contribution in [0.15, 0.2) is 24.3 Å². The van der Waals surface area contributed by atoms with E-state index in [0.717, 1.165) is 12.1 Å². The maximum Gasteiger partial charge on any atom is 0.204 e. The Morgan fingerprint density at radius 2 is 0.977 bits per heavy atom. The van der Waals surface area contributed by atoms with Gasteiger partial charge in [-0.05, 0) is 17.7 Å². The van der Waals surface area contributed by atoms with Crippen molar-refractivity contribution in [2.24, 2.45) is 0 Å². The first-order chi connectivity index (χ1) is 20.5. The molecule has 1 heterocycles. The van der Waals surface area contributed by atoms with E-state index in [4.69, 9.17) is 24.7 Å². The van der Waals surface area contributed by atoms with Crippen LogP contribution in [0.5, 0.6) is 0 Å². The molecule has 44 heavy (non-hydrogen) atoms. The number of hydrogen-bond donors (Lipinski definition) is 5. The van der Waals surface area contributed by atoms with Crippen molar-refractivity contribution >= 4 is 5.69 Å². The zero-order valence-corrected chi connectivity index (χ0v) is 28.5. The van der Waals surface area contributed by atoms with Crippen molar-refractivity contribution in [3.8, 4) is 0 Å². The number of nitrogens with two attached hydrogens (primary N) is 1. The minimum absolute atomic E-state index is 0.000951. The molecular weight excluding hydrogens is 570 g/mol. The summed E-state index contributed by atoms with van der Waals surface area (Å²) >= 11 is 0. The highest BCUT2D eigenvalue weighted by Crippen LogP contribution is 2.25. The molecule has 0 radical (unpaired) electrons. The number of aliphatic hydroxyl groups excluding tert-OH is 4. The number of nitrogens with zero attached hydrogens (tertiary/aromatic N) is 4. The third-order valence-corrected chi connectivity index (χ3v) is 9.95. The Balaban J connectivity index is 2.68. The van der Waals surface area contributed by atoms with Crippen molar-refractivity contribution in [1.29, 1.82) is 0 Å². The summed E-state index contributed by atoms with van der Waals surface area (Å²) in [6, 6.07) is 7.91. The van der Waals surface area contributed by atoms with Gasteiger partial charge in [-0.3, -0.25) is 0 Å². The number of rotatable bonds is 14. The zero-order valence-electron chi connectivity index (χ0n) is 28.5. The average Bonchev–Trinajstić information content (AvgIpc) is 2.98. The van der Waals surface area contributed by atoms with E-state index in [1.807, 2.05) is 24.3 Å². The second kappa shape index (κ2) is 16.9. The number of quaternary nitrogens is 4. The van der Waals surface area contributed by atoms with Crippen LogP contribution in [0.4, 0.5) is 5.69 Å². The summed E-state index contributed by atoms with van der Waals surface area (Å²) in [6.45, 7) is 6.44. The van der Waals surface area contributed by atoms with Crippen molar-refractivity contribution in [1.82, 2.24) is 0 Å². The number of ether oxygens (including phenoxy) is 4. The fourth-order valence-corrected chi connectivity index (χ4v) is 6.41. The van der Waals surface area contributed by atoms with Crippen LogP contribution in [0.2, 0.25) is 0 Å². The molecule has 0 aliphatic carbocycles. The number of benzene rings is 1. The molecule has 6 N–H and O–H groups in total. The first-order valence-electron chi connectivity index (χ1n) is 15.5. The molecule has 1 fully saturated rings. The standard InChI is InChI=1S/C31H63N5O8/c1-33(21-28(37)41-5)13-14-34(2,22-29(38)42-6)17-18-36(4,24-31(40)44-8)27(19-25-9-11-26(32)12-10-25)20-35(3,16-15-33)23-30(39)43-7/h9-12,27-31,37-40H,13-24,32H2,1-8H3/q+4. The van der Waals surface area contributed by atoms with Gasteiger partial charge in [-0.2, -0.15) is 0 Å². The van der Waals surface area contributed by atoms with Crippen LogP contribution in [0.1, 0.15) is 5.56 Å². The fraction of sp³-hybridized carbons (Fsp3) is 0.806. The molecule has 0 aromatic heterocycles. The maximum atomic E-state index is 10.9. The van der Waals surface area contributed by atoms with E-state index in [-0.39, 0.29) is 6.04 Å². The molecule has 2 rings (SSSR count). The molecule has 13 heteroatoms. The lowest BCUT2D eigenvalue weighted by atomic mass is 9.99. The third kappa shape index (κ3) is 12.0. The van der Waals surface area contributed by atoms with Crippen molar-refractivity contribution in [2.45, 2.75) is 37.6 Å². The Hall–Kier alpha value is -1.46. The van der Waals surface area contributed by atoms with Gasteiger partial charge in [0.15, 0.2) is 0 Å². The Morgan fingerprint density at radius 3 is 1.41 bits per heavy atom. The van der Waals surface area contributed by atoms with Crippen LogP contribution in [-0.2, 0) is 25.4 Å². The summed E-state index contributed by atoms with van der Waals surface area (Å²) in [5.74, 6) is 0. The van der Waals surface area contributed by atoms with Gasteiger partial charge in [0.2, 0.25) is 25.2 Å². The molecule has 0 bridgehead atoms. The average molecular weight is 634 g/mol. The van der Waals surface area contributed by atoms with Crippen LogP contribution < -0.4 is 5.73 Å². The lowest BCUT2D eigenvalue weighted by Crippen LogP contribution is -2.69. The molecule has 1 saturated heterocycles.